The number of halogens is 6. The molecule has 2 aromatic heterocycles. The molecule has 6 nitrogen and oxygen atoms in total. The zero-order valence-corrected chi connectivity index (χ0v) is 21.5. The summed E-state index contributed by atoms with van der Waals surface area (Å²) >= 11 is 0. The van der Waals surface area contributed by atoms with E-state index in [9.17, 15) is 31.1 Å². The standard InChI is InChI=1S/C28H23F6N3O3/c1-4-39-25-21(13-19(14-35-25)27(29,30)31)18-10-11-20(22(12-18)28(32,33)34)26(38)37(3)15-23-16(2)36-24(40-23)17-8-6-5-7-9-17/h5-14H,4,15H2,1-3H3. The van der Waals surface area contributed by atoms with Gasteiger partial charge >= 0.3 is 12.4 Å². The number of aryl methyl sites for hydroxylation is 1. The number of nitrogens with zero attached hydrogens (tertiary/aromatic N) is 3. The molecule has 0 saturated carbocycles. The van der Waals surface area contributed by atoms with Gasteiger partial charge in [-0.15, -0.1) is 0 Å². The number of carbonyl (C=O) groups excluding carboxylic acids is 1. The highest BCUT2D eigenvalue weighted by molar-refractivity contribution is 5.96. The van der Waals surface area contributed by atoms with Gasteiger partial charge in [-0.1, -0.05) is 24.3 Å². The minimum atomic E-state index is -4.99. The van der Waals surface area contributed by atoms with Gasteiger partial charge in [0.25, 0.3) is 5.91 Å². The van der Waals surface area contributed by atoms with Crippen molar-refractivity contribution in [1.82, 2.24) is 14.9 Å². The van der Waals surface area contributed by atoms with E-state index in [-0.39, 0.29) is 35.9 Å². The van der Waals surface area contributed by atoms with Gasteiger partial charge in [0.05, 0.1) is 35.5 Å². The lowest BCUT2D eigenvalue weighted by atomic mass is 9.97. The van der Waals surface area contributed by atoms with E-state index < -0.39 is 35.0 Å². The van der Waals surface area contributed by atoms with Gasteiger partial charge in [-0.05, 0) is 49.7 Å². The molecule has 2 aromatic carbocycles. The highest BCUT2D eigenvalue weighted by atomic mass is 19.4. The Bertz CT molecular complexity index is 1510. The molecule has 0 saturated heterocycles. The van der Waals surface area contributed by atoms with Gasteiger partial charge in [0.1, 0.15) is 5.76 Å². The molecule has 210 valence electrons. The lowest BCUT2D eigenvalue weighted by Crippen LogP contribution is -2.28. The van der Waals surface area contributed by atoms with Gasteiger partial charge in [-0.2, -0.15) is 26.3 Å². The molecular weight excluding hydrogens is 540 g/mol. The van der Waals surface area contributed by atoms with Crippen LogP contribution in [0.15, 0.2) is 65.2 Å². The van der Waals surface area contributed by atoms with E-state index in [0.717, 1.165) is 17.0 Å². The SMILES string of the molecule is CCOc1ncc(C(F)(F)F)cc1-c1ccc(C(=O)N(C)Cc2oc(-c3ccccc3)nc2C)c(C(F)(F)F)c1. The number of hydrogen-bond donors (Lipinski definition) is 0. The van der Waals surface area contributed by atoms with Gasteiger partial charge in [0.15, 0.2) is 0 Å². The molecule has 0 atom stereocenters. The number of pyridine rings is 1. The van der Waals surface area contributed by atoms with E-state index in [1.807, 2.05) is 6.07 Å². The van der Waals surface area contributed by atoms with E-state index in [2.05, 4.69) is 9.97 Å². The fraction of sp³-hybridized carbons (Fsp3) is 0.250. The first-order chi connectivity index (χ1) is 18.8. The molecule has 0 spiro atoms. The third-order valence-electron chi connectivity index (χ3n) is 5.97. The van der Waals surface area contributed by atoms with Crippen molar-refractivity contribution >= 4 is 5.91 Å². The second-order valence-electron chi connectivity index (χ2n) is 8.82. The number of alkyl halides is 6. The van der Waals surface area contributed by atoms with Crippen LogP contribution in [0.4, 0.5) is 26.3 Å². The molecule has 40 heavy (non-hydrogen) atoms. The molecule has 0 radical (unpaired) electrons. The molecule has 0 unspecified atom stereocenters. The first-order valence-electron chi connectivity index (χ1n) is 12.0. The first kappa shape index (κ1) is 28.7. The maximum absolute atomic E-state index is 14.1. The van der Waals surface area contributed by atoms with Crippen LogP contribution in [-0.4, -0.2) is 34.4 Å². The fourth-order valence-corrected chi connectivity index (χ4v) is 3.97. The van der Waals surface area contributed by atoms with Gasteiger partial charge in [-0.3, -0.25) is 4.79 Å². The monoisotopic (exact) mass is 563 g/mol. The van der Waals surface area contributed by atoms with E-state index in [1.54, 1.807) is 38.1 Å². The van der Waals surface area contributed by atoms with Crippen molar-refractivity contribution < 1.29 is 40.3 Å². The van der Waals surface area contributed by atoms with Crippen molar-refractivity contribution in [3.63, 3.8) is 0 Å². The molecule has 4 rings (SSSR count). The second kappa shape index (κ2) is 11.0. The molecule has 0 aliphatic rings. The summed E-state index contributed by atoms with van der Waals surface area (Å²) in [7, 11) is 1.31. The average molecular weight is 563 g/mol. The van der Waals surface area contributed by atoms with Gasteiger partial charge in [-0.25, -0.2) is 9.97 Å². The Morgan fingerprint density at radius 2 is 1.68 bits per heavy atom. The van der Waals surface area contributed by atoms with Crippen molar-refractivity contribution in [3.05, 3.63) is 88.9 Å². The van der Waals surface area contributed by atoms with Gasteiger partial charge in [0.2, 0.25) is 11.8 Å². The summed E-state index contributed by atoms with van der Waals surface area (Å²) in [6.45, 7) is 3.06. The number of hydrogen-bond acceptors (Lipinski definition) is 5. The smallest absolute Gasteiger partial charge is 0.417 e. The highest BCUT2D eigenvalue weighted by Crippen LogP contribution is 2.40. The average Bonchev–Trinajstić information content (AvgIpc) is 3.27. The summed E-state index contributed by atoms with van der Waals surface area (Å²) in [6, 6.07) is 12.3. The van der Waals surface area contributed by atoms with Crippen molar-refractivity contribution in [2.75, 3.05) is 13.7 Å². The van der Waals surface area contributed by atoms with Crippen LogP contribution in [-0.2, 0) is 18.9 Å². The molecule has 0 aliphatic heterocycles. The van der Waals surface area contributed by atoms with Crippen molar-refractivity contribution in [2.24, 2.45) is 0 Å². The maximum Gasteiger partial charge on any atom is 0.417 e. The number of ether oxygens (including phenoxy) is 1. The Kier molecular flexibility index (Phi) is 7.90. The predicted molar refractivity (Wildman–Crippen MR) is 133 cm³/mol. The molecule has 0 aliphatic carbocycles. The van der Waals surface area contributed by atoms with Crippen molar-refractivity contribution in [1.29, 1.82) is 0 Å². The van der Waals surface area contributed by atoms with Crippen LogP contribution in [0.1, 0.15) is 39.9 Å². The lowest BCUT2D eigenvalue weighted by molar-refractivity contribution is -0.138. The molecule has 0 N–H and O–H groups in total. The Labute approximate surface area is 225 Å². The molecular formula is C28H23F6N3O3. The van der Waals surface area contributed by atoms with Crippen LogP contribution in [0.25, 0.3) is 22.6 Å². The Morgan fingerprint density at radius 3 is 2.30 bits per heavy atom. The number of aromatic nitrogens is 2. The van der Waals surface area contributed by atoms with Crippen LogP contribution >= 0.6 is 0 Å². The molecule has 0 bridgehead atoms. The minimum Gasteiger partial charge on any atom is -0.478 e. The Hall–Kier alpha value is -4.35. The number of carbonyl (C=O) groups is 1. The summed E-state index contributed by atoms with van der Waals surface area (Å²) in [5.74, 6) is -0.650. The van der Waals surface area contributed by atoms with Crippen LogP contribution in [0.5, 0.6) is 5.88 Å². The zero-order chi connectivity index (χ0) is 29.2. The zero-order valence-electron chi connectivity index (χ0n) is 21.5. The summed E-state index contributed by atoms with van der Waals surface area (Å²) < 4.78 is 93.4. The van der Waals surface area contributed by atoms with Crippen molar-refractivity contribution in [2.45, 2.75) is 32.7 Å². The summed E-state index contributed by atoms with van der Waals surface area (Å²) in [5.41, 5.74) is -2.54. The van der Waals surface area contributed by atoms with Gasteiger partial charge < -0.3 is 14.1 Å². The second-order valence-corrected chi connectivity index (χ2v) is 8.82. The van der Waals surface area contributed by atoms with Crippen molar-refractivity contribution in [3.8, 4) is 28.5 Å². The summed E-state index contributed by atoms with van der Waals surface area (Å²) in [5, 5.41) is 0. The predicted octanol–water partition coefficient (Wildman–Crippen LogP) is 7.42. The van der Waals surface area contributed by atoms with Crippen LogP contribution in [0.3, 0.4) is 0 Å². The quantitative estimate of drug-likeness (QED) is 0.219. The largest absolute Gasteiger partial charge is 0.478 e. The summed E-state index contributed by atoms with van der Waals surface area (Å²) in [6.07, 6.45) is -9.23. The normalized spacial score (nSPS) is 11.9. The Balaban J connectivity index is 1.69. The molecule has 0 fully saturated rings. The summed E-state index contributed by atoms with van der Waals surface area (Å²) in [4.78, 5) is 22.2. The first-order valence-corrected chi connectivity index (χ1v) is 12.0. The van der Waals surface area contributed by atoms with Crippen LogP contribution in [0, 0.1) is 6.92 Å². The Morgan fingerprint density at radius 1 is 0.975 bits per heavy atom. The van der Waals surface area contributed by atoms with Crippen LogP contribution in [0.2, 0.25) is 0 Å². The van der Waals surface area contributed by atoms with E-state index >= 15 is 0 Å². The van der Waals surface area contributed by atoms with E-state index in [1.165, 1.54) is 7.05 Å². The van der Waals surface area contributed by atoms with Gasteiger partial charge in [0, 0.05) is 24.4 Å². The number of oxazole rings is 1. The molecule has 2 heterocycles. The molecule has 4 aromatic rings. The molecule has 12 heteroatoms. The fourth-order valence-electron chi connectivity index (χ4n) is 3.97. The lowest BCUT2D eigenvalue weighted by Gasteiger charge is -2.20. The van der Waals surface area contributed by atoms with E-state index in [0.29, 0.717) is 35.5 Å². The number of rotatable bonds is 7. The topological polar surface area (TPSA) is 68.5 Å². The number of benzene rings is 2. The third kappa shape index (κ3) is 6.11. The number of amides is 1. The highest BCUT2D eigenvalue weighted by Gasteiger charge is 2.37. The van der Waals surface area contributed by atoms with E-state index in [4.69, 9.17) is 9.15 Å². The third-order valence-corrected chi connectivity index (χ3v) is 5.97. The molecule has 1 amide bonds. The minimum absolute atomic E-state index is 0.0197. The maximum atomic E-state index is 14.1. The van der Waals surface area contributed by atoms with Crippen LogP contribution < -0.4 is 4.74 Å².